The predicted octanol–water partition coefficient (Wildman–Crippen LogP) is 2.26. The van der Waals surface area contributed by atoms with Crippen molar-refractivity contribution in [1.29, 1.82) is 0 Å². The van der Waals surface area contributed by atoms with E-state index in [1.165, 1.54) is 0 Å². The number of nitrogens with zero attached hydrogens (tertiary/aromatic N) is 1. The van der Waals surface area contributed by atoms with Gasteiger partial charge in [-0.3, -0.25) is 4.90 Å². The van der Waals surface area contributed by atoms with Crippen molar-refractivity contribution in [1.82, 2.24) is 4.90 Å². The van der Waals surface area contributed by atoms with Crippen molar-refractivity contribution in [2.24, 2.45) is 11.8 Å². The largest absolute Gasteiger partial charge is 0.276 e. The molecule has 0 aromatic rings. The summed E-state index contributed by atoms with van der Waals surface area (Å²) in [6, 6.07) is 0. The summed E-state index contributed by atoms with van der Waals surface area (Å²) >= 11 is 3.55. The van der Waals surface area contributed by atoms with Crippen LogP contribution in [0.15, 0.2) is 0 Å². The van der Waals surface area contributed by atoms with Crippen molar-refractivity contribution in [3.63, 3.8) is 0 Å². The van der Waals surface area contributed by atoms with E-state index in [1.807, 2.05) is 14.0 Å². The zero-order valence-corrected chi connectivity index (χ0v) is 8.81. The molecule has 0 N–H and O–H groups in total. The maximum Gasteiger partial charge on any atom is 0.156 e. The number of piperidine rings is 1. The second kappa shape index (κ2) is 3.40. The molecule has 1 rings (SSSR count). The van der Waals surface area contributed by atoms with Gasteiger partial charge >= 0.3 is 0 Å². The Kier molecular flexibility index (Phi) is 2.92. The van der Waals surface area contributed by atoms with Crippen LogP contribution in [-0.2, 0) is 0 Å². The predicted molar refractivity (Wildman–Crippen MR) is 48.6 cm³/mol. The molecule has 0 radical (unpaired) electrons. The van der Waals surface area contributed by atoms with E-state index in [9.17, 15) is 4.39 Å². The van der Waals surface area contributed by atoms with Crippen LogP contribution in [0.4, 0.5) is 4.39 Å². The molecule has 1 heterocycles. The monoisotopic (exact) mass is 223 g/mol. The molecular formula is C8H15BrFN. The Morgan fingerprint density at radius 1 is 1.36 bits per heavy atom. The minimum absolute atomic E-state index is 0.137. The lowest BCUT2D eigenvalue weighted by molar-refractivity contribution is 0.00147. The fourth-order valence-electron chi connectivity index (χ4n) is 1.52. The minimum Gasteiger partial charge on any atom is -0.276 e. The molecule has 4 atom stereocenters. The van der Waals surface area contributed by atoms with Gasteiger partial charge in [-0.1, -0.05) is 29.8 Å². The Bertz CT molecular complexity index is 128. The van der Waals surface area contributed by atoms with Crippen LogP contribution >= 0.6 is 15.9 Å². The second-order valence-corrected chi connectivity index (χ2v) is 4.72. The van der Waals surface area contributed by atoms with Crippen LogP contribution in [0.1, 0.15) is 13.8 Å². The molecule has 0 aliphatic carbocycles. The second-order valence-electron chi connectivity index (χ2n) is 3.55. The van der Waals surface area contributed by atoms with Gasteiger partial charge in [0.2, 0.25) is 0 Å². The van der Waals surface area contributed by atoms with Crippen molar-refractivity contribution in [3.8, 4) is 0 Å². The Morgan fingerprint density at radius 3 is 2.45 bits per heavy atom. The zero-order valence-electron chi connectivity index (χ0n) is 7.22. The lowest BCUT2D eigenvalue weighted by Gasteiger charge is -2.39. The van der Waals surface area contributed by atoms with Gasteiger partial charge in [0.15, 0.2) is 6.30 Å². The number of halogens is 2. The quantitative estimate of drug-likeness (QED) is 0.450. The molecule has 1 aliphatic heterocycles. The van der Waals surface area contributed by atoms with Crippen molar-refractivity contribution >= 4 is 15.9 Å². The van der Waals surface area contributed by atoms with E-state index in [0.29, 0.717) is 10.7 Å². The minimum atomic E-state index is -0.765. The van der Waals surface area contributed by atoms with E-state index in [-0.39, 0.29) is 5.92 Å². The van der Waals surface area contributed by atoms with E-state index in [0.717, 1.165) is 6.54 Å². The van der Waals surface area contributed by atoms with Gasteiger partial charge in [-0.25, -0.2) is 4.39 Å². The highest BCUT2D eigenvalue weighted by atomic mass is 79.9. The van der Waals surface area contributed by atoms with Crippen LogP contribution in [0.3, 0.4) is 0 Å². The zero-order chi connectivity index (χ0) is 8.59. The van der Waals surface area contributed by atoms with Crippen LogP contribution in [0.25, 0.3) is 0 Å². The van der Waals surface area contributed by atoms with E-state index in [1.54, 1.807) is 4.90 Å². The van der Waals surface area contributed by atoms with E-state index < -0.39 is 6.30 Å². The van der Waals surface area contributed by atoms with E-state index in [2.05, 4.69) is 22.9 Å². The first-order chi connectivity index (χ1) is 5.04. The number of rotatable bonds is 0. The van der Waals surface area contributed by atoms with Crippen molar-refractivity contribution in [2.45, 2.75) is 25.0 Å². The first kappa shape index (κ1) is 9.46. The molecular weight excluding hydrogens is 209 g/mol. The SMILES string of the molecule is CC1C(Br)CN(C)C(F)C1C. The van der Waals surface area contributed by atoms with E-state index in [4.69, 9.17) is 0 Å². The lowest BCUT2D eigenvalue weighted by atomic mass is 9.88. The molecule has 4 unspecified atom stereocenters. The van der Waals surface area contributed by atoms with Crippen LogP contribution in [-0.4, -0.2) is 29.6 Å². The molecule has 66 valence electrons. The van der Waals surface area contributed by atoms with Gasteiger partial charge in [-0.2, -0.15) is 0 Å². The molecule has 0 aromatic heterocycles. The van der Waals surface area contributed by atoms with Gasteiger partial charge in [0.05, 0.1) is 0 Å². The number of likely N-dealkylation sites (tertiary alicyclic amines) is 1. The summed E-state index contributed by atoms with van der Waals surface area (Å²) in [4.78, 5) is 2.21. The highest BCUT2D eigenvalue weighted by molar-refractivity contribution is 9.09. The third-order valence-corrected chi connectivity index (χ3v) is 3.84. The third-order valence-electron chi connectivity index (χ3n) is 2.72. The van der Waals surface area contributed by atoms with Gasteiger partial charge in [0.25, 0.3) is 0 Å². The summed E-state index contributed by atoms with van der Waals surface area (Å²) in [6.07, 6.45) is -0.765. The molecule has 0 bridgehead atoms. The van der Waals surface area contributed by atoms with E-state index >= 15 is 0 Å². The van der Waals surface area contributed by atoms with Gasteiger partial charge < -0.3 is 0 Å². The van der Waals surface area contributed by atoms with Crippen molar-refractivity contribution in [3.05, 3.63) is 0 Å². The molecule has 11 heavy (non-hydrogen) atoms. The normalized spacial score (nSPS) is 47.7. The maximum atomic E-state index is 13.3. The number of hydrogen-bond acceptors (Lipinski definition) is 1. The summed E-state index contributed by atoms with van der Waals surface area (Å²) in [5.41, 5.74) is 0. The summed E-state index contributed by atoms with van der Waals surface area (Å²) < 4.78 is 13.3. The van der Waals surface area contributed by atoms with Crippen molar-refractivity contribution < 1.29 is 4.39 Å². The first-order valence-electron chi connectivity index (χ1n) is 4.02. The molecule has 0 amide bonds. The lowest BCUT2D eigenvalue weighted by Crippen LogP contribution is -2.48. The Balaban J connectivity index is 2.63. The number of alkyl halides is 2. The first-order valence-corrected chi connectivity index (χ1v) is 4.94. The molecule has 3 heteroatoms. The third kappa shape index (κ3) is 1.75. The molecule has 0 spiro atoms. The van der Waals surface area contributed by atoms with Crippen LogP contribution in [0.2, 0.25) is 0 Å². The Labute approximate surface area is 76.1 Å². The highest BCUT2D eigenvalue weighted by Gasteiger charge is 2.35. The van der Waals surface area contributed by atoms with Gasteiger partial charge in [0.1, 0.15) is 0 Å². The molecule has 1 saturated heterocycles. The fraction of sp³-hybridized carbons (Fsp3) is 1.00. The molecule has 1 aliphatic rings. The summed E-state index contributed by atoms with van der Waals surface area (Å²) in [5.74, 6) is 0.569. The molecule has 0 saturated carbocycles. The van der Waals surface area contributed by atoms with Gasteiger partial charge in [-0.15, -0.1) is 0 Å². The van der Waals surface area contributed by atoms with Crippen LogP contribution in [0.5, 0.6) is 0 Å². The standard InChI is InChI=1S/C8H15BrFN/c1-5-6(2)8(10)11(3)4-7(5)9/h5-8H,4H2,1-3H3. The smallest absolute Gasteiger partial charge is 0.156 e. The average Bonchev–Trinajstić information content (AvgIpc) is 1.97. The summed E-state index contributed by atoms with van der Waals surface area (Å²) in [5, 5.41) is 0. The number of hydrogen-bond donors (Lipinski definition) is 0. The highest BCUT2D eigenvalue weighted by Crippen LogP contribution is 2.32. The summed E-state index contributed by atoms with van der Waals surface area (Å²) in [7, 11) is 1.83. The Hall–Kier alpha value is 0.370. The van der Waals surface area contributed by atoms with Crippen LogP contribution < -0.4 is 0 Å². The van der Waals surface area contributed by atoms with Crippen molar-refractivity contribution in [2.75, 3.05) is 13.6 Å². The Morgan fingerprint density at radius 2 is 1.91 bits per heavy atom. The van der Waals surface area contributed by atoms with Gasteiger partial charge in [0, 0.05) is 17.3 Å². The fourth-order valence-corrected chi connectivity index (χ4v) is 2.46. The average molecular weight is 224 g/mol. The maximum absolute atomic E-state index is 13.3. The van der Waals surface area contributed by atoms with Crippen LogP contribution in [0, 0.1) is 11.8 Å². The topological polar surface area (TPSA) is 3.24 Å². The molecule has 0 aromatic carbocycles. The molecule has 1 fully saturated rings. The molecule has 1 nitrogen and oxygen atoms in total. The summed E-state index contributed by atoms with van der Waals surface area (Å²) in [6.45, 7) is 4.88. The van der Waals surface area contributed by atoms with Gasteiger partial charge in [-0.05, 0) is 13.0 Å².